The largest absolute Gasteiger partial charge is 0.493 e. The monoisotopic (exact) mass is 378 g/mol. The molecule has 8 nitrogen and oxygen atoms in total. The summed E-state index contributed by atoms with van der Waals surface area (Å²) in [5.41, 5.74) is 2.06. The summed E-state index contributed by atoms with van der Waals surface area (Å²) in [7, 11) is 1.32. The maximum Gasteiger partial charge on any atom is 0.387 e. The summed E-state index contributed by atoms with van der Waals surface area (Å²) in [6, 6.07) is 6.05. The maximum atomic E-state index is 12.4. The predicted octanol–water partition coefficient (Wildman–Crippen LogP) is 2.71. The zero-order valence-corrected chi connectivity index (χ0v) is 14.8. The lowest BCUT2D eigenvalue weighted by atomic mass is 10.2. The van der Waals surface area contributed by atoms with Gasteiger partial charge in [0.15, 0.2) is 11.5 Å². The van der Waals surface area contributed by atoms with Crippen molar-refractivity contribution in [2.45, 2.75) is 27.1 Å². The minimum Gasteiger partial charge on any atom is -0.493 e. The highest BCUT2D eigenvalue weighted by Gasteiger charge is 2.17. The molecular weight excluding hydrogens is 362 g/mol. The van der Waals surface area contributed by atoms with Crippen LogP contribution in [0.3, 0.4) is 0 Å². The van der Waals surface area contributed by atoms with Crippen molar-refractivity contribution in [1.29, 1.82) is 0 Å². The van der Waals surface area contributed by atoms with Crippen LogP contribution in [0.5, 0.6) is 11.5 Å². The Morgan fingerprint density at radius 2 is 1.96 bits per heavy atom. The Hall–Kier alpha value is -3.30. The highest BCUT2D eigenvalue weighted by molar-refractivity contribution is 5.85. The van der Waals surface area contributed by atoms with Crippen molar-refractivity contribution in [1.82, 2.24) is 19.6 Å². The van der Waals surface area contributed by atoms with Gasteiger partial charge in [0, 0.05) is 11.4 Å². The van der Waals surface area contributed by atoms with Gasteiger partial charge in [-0.2, -0.15) is 13.8 Å². The quantitative estimate of drug-likeness (QED) is 0.610. The predicted molar refractivity (Wildman–Crippen MR) is 89.0 cm³/mol. The van der Waals surface area contributed by atoms with Crippen LogP contribution in [0.4, 0.5) is 8.78 Å². The van der Waals surface area contributed by atoms with Gasteiger partial charge in [0.25, 0.3) is 11.6 Å². The lowest BCUT2D eigenvalue weighted by Gasteiger charge is -2.11. The summed E-state index contributed by atoms with van der Waals surface area (Å²) in [4.78, 5) is 20.5. The van der Waals surface area contributed by atoms with Crippen molar-refractivity contribution in [2.75, 3.05) is 7.11 Å². The number of carbonyl (C=O) groups is 1. The Balaban J connectivity index is 1.73. The van der Waals surface area contributed by atoms with Gasteiger partial charge in [-0.25, -0.2) is 14.3 Å². The van der Waals surface area contributed by atoms with E-state index in [-0.39, 0.29) is 23.9 Å². The first-order valence-electron chi connectivity index (χ1n) is 7.87. The van der Waals surface area contributed by atoms with Crippen molar-refractivity contribution in [3.05, 3.63) is 47.0 Å². The smallest absolute Gasteiger partial charge is 0.387 e. The van der Waals surface area contributed by atoms with Crippen LogP contribution >= 0.6 is 0 Å². The highest BCUT2D eigenvalue weighted by Crippen LogP contribution is 2.29. The molecule has 0 aliphatic heterocycles. The maximum absolute atomic E-state index is 12.4. The van der Waals surface area contributed by atoms with Crippen LogP contribution in [0.15, 0.2) is 24.3 Å². The molecule has 0 amide bonds. The molecule has 1 aromatic carbocycles. The molecule has 0 atom stereocenters. The van der Waals surface area contributed by atoms with Gasteiger partial charge in [0.1, 0.15) is 6.61 Å². The van der Waals surface area contributed by atoms with Gasteiger partial charge in [0.2, 0.25) is 0 Å². The van der Waals surface area contributed by atoms with E-state index in [1.165, 1.54) is 29.8 Å². The molecular formula is C17H16F2N4O4. The molecule has 0 saturated heterocycles. The number of halogens is 2. The summed E-state index contributed by atoms with van der Waals surface area (Å²) in [6.07, 6.45) is 0. The van der Waals surface area contributed by atoms with E-state index in [1.807, 2.05) is 19.9 Å². The topological polar surface area (TPSA) is 87.8 Å². The number of alkyl halides is 2. The molecule has 27 heavy (non-hydrogen) atoms. The van der Waals surface area contributed by atoms with Crippen LogP contribution in [0.2, 0.25) is 0 Å². The molecule has 3 rings (SSSR count). The molecule has 0 N–H and O–H groups in total. The standard InChI is InChI=1S/C17H16F2N4O4/c1-9-6-10(2)23-17(20-9)21-14(22-23)15(24)26-8-11-4-5-12(27-16(18)19)13(7-11)25-3/h4-7,16H,8H2,1-3H3. The Morgan fingerprint density at radius 3 is 2.67 bits per heavy atom. The summed E-state index contributed by atoms with van der Waals surface area (Å²) in [6.45, 7) is 0.546. The molecule has 2 aromatic heterocycles. The van der Waals surface area contributed by atoms with Gasteiger partial charge >= 0.3 is 12.6 Å². The van der Waals surface area contributed by atoms with Gasteiger partial charge in [0.05, 0.1) is 7.11 Å². The number of methoxy groups -OCH3 is 1. The number of hydrogen-bond acceptors (Lipinski definition) is 7. The summed E-state index contributed by atoms with van der Waals surface area (Å²) < 4.78 is 40.7. The number of carbonyl (C=O) groups excluding carboxylic acids is 1. The third-order valence-corrected chi connectivity index (χ3v) is 3.61. The first-order chi connectivity index (χ1) is 12.9. The molecule has 0 saturated carbocycles. The second-order valence-corrected chi connectivity index (χ2v) is 5.63. The fraction of sp³-hybridized carbons (Fsp3) is 0.294. The number of fused-ring (bicyclic) bond motifs is 1. The van der Waals surface area contributed by atoms with Gasteiger partial charge in [-0.05, 0) is 37.6 Å². The van der Waals surface area contributed by atoms with E-state index in [2.05, 4.69) is 19.8 Å². The number of rotatable bonds is 6. The average Bonchev–Trinajstić information content (AvgIpc) is 3.04. The van der Waals surface area contributed by atoms with E-state index in [4.69, 9.17) is 9.47 Å². The van der Waals surface area contributed by atoms with Crippen molar-refractivity contribution >= 4 is 11.7 Å². The normalized spacial score (nSPS) is 11.0. The number of benzene rings is 1. The Labute approximate surface area is 152 Å². The number of aryl methyl sites for hydroxylation is 2. The van der Waals surface area contributed by atoms with E-state index >= 15 is 0 Å². The molecule has 3 aromatic rings. The van der Waals surface area contributed by atoms with Crippen LogP contribution in [-0.4, -0.2) is 39.3 Å². The van der Waals surface area contributed by atoms with Gasteiger partial charge < -0.3 is 14.2 Å². The Bertz CT molecular complexity index is 990. The number of ether oxygens (including phenoxy) is 3. The molecule has 0 aliphatic carbocycles. The molecule has 10 heteroatoms. The van der Waals surface area contributed by atoms with Crippen LogP contribution in [0.25, 0.3) is 5.78 Å². The van der Waals surface area contributed by atoms with Crippen LogP contribution in [-0.2, 0) is 11.3 Å². The zero-order chi connectivity index (χ0) is 19.6. The SMILES string of the molecule is COc1cc(COC(=O)c2nc3nc(C)cc(C)n3n2)ccc1OC(F)F. The molecule has 0 fully saturated rings. The molecule has 0 spiro atoms. The van der Waals surface area contributed by atoms with Gasteiger partial charge in [-0.3, -0.25) is 0 Å². The van der Waals surface area contributed by atoms with Crippen molar-refractivity contribution in [2.24, 2.45) is 0 Å². The number of nitrogens with zero attached hydrogens (tertiary/aromatic N) is 4. The minimum atomic E-state index is -2.97. The molecule has 142 valence electrons. The van der Waals surface area contributed by atoms with Crippen LogP contribution in [0.1, 0.15) is 27.6 Å². The first kappa shape index (κ1) is 18.5. The summed E-state index contributed by atoms with van der Waals surface area (Å²) in [5, 5.41) is 4.09. The fourth-order valence-corrected chi connectivity index (χ4v) is 2.46. The zero-order valence-electron chi connectivity index (χ0n) is 14.8. The number of aromatic nitrogens is 4. The van der Waals surface area contributed by atoms with Crippen LogP contribution in [0, 0.1) is 13.8 Å². The van der Waals surface area contributed by atoms with Gasteiger partial charge in [-0.15, -0.1) is 5.10 Å². The van der Waals surface area contributed by atoms with E-state index in [1.54, 1.807) is 0 Å². The second kappa shape index (κ2) is 7.52. The van der Waals surface area contributed by atoms with E-state index in [9.17, 15) is 13.6 Å². The second-order valence-electron chi connectivity index (χ2n) is 5.63. The van der Waals surface area contributed by atoms with Crippen molar-refractivity contribution in [3.8, 4) is 11.5 Å². The highest BCUT2D eigenvalue weighted by atomic mass is 19.3. The third-order valence-electron chi connectivity index (χ3n) is 3.61. The molecule has 0 radical (unpaired) electrons. The molecule has 0 bridgehead atoms. The van der Waals surface area contributed by atoms with E-state index in [0.29, 0.717) is 11.3 Å². The average molecular weight is 378 g/mol. The van der Waals surface area contributed by atoms with Crippen LogP contribution < -0.4 is 9.47 Å². The summed E-state index contributed by atoms with van der Waals surface area (Å²) >= 11 is 0. The third kappa shape index (κ3) is 4.10. The minimum absolute atomic E-state index is 0.102. The number of esters is 1. The molecule has 2 heterocycles. The summed E-state index contributed by atoms with van der Waals surface area (Å²) in [5.74, 6) is -0.564. The lowest BCUT2D eigenvalue weighted by molar-refractivity contribution is -0.0512. The Kier molecular flexibility index (Phi) is 5.15. The molecule has 0 unspecified atom stereocenters. The van der Waals surface area contributed by atoms with Crippen molar-refractivity contribution < 1.29 is 27.8 Å². The van der Waals surface area contributed by atoms with E-state index < -0.39 is 12.6 Å². The van der Waals surface area contributed by atoms with Crippen molar-refractivity contribution in [3.63, 3.8) is 0 Å². The fourth-order valence-electron chi connectivity index (χ4n) is 2.46. The van der Waals surface area contributed by atoms with Gasteiger partial charge in [-0.1, -0.05) is 6.07 Å². The number of hydrogen-bond donors (Lipinski definition) is 0. The Morgan fingerprint density at radius 1 is 1.19 bits per heavy atom. The first-order valence-corrected chi connectivity index (χ1v) is 7.87. The molecule has 0 aliphatic rings. The lowest BCUT2D eigenvalue weighted by Crippen LogP contribution is -2.08. The van der Waals surface area contributed by atoms with E-state index in [0.717, 1.165) is 11.4 Å².